The first-order chi connectivity index (χ1) is 5.52. The molecule has 0 aromatic carbocycles. The highest BCUT2D eigenvalue weighted by Gasteiger charge is 1.91. The molecule has 0 aromatic rings. The lowest BCUT2D eigenvalue weighted by atomic mass is 10.3. The van der Waals surface area contributed by atoms with Gasteiger partial charge in [0.05, 0.1) is 0 Å². The largest absolute Gasteiger partial charge is 0.387 e. The number of hydrogen-bond donors (Lipinski definition) is 1. The number of hydrogen-bond acceptors (Lipinski definition) is 3. The third kappa shape index (κ3) is 7.28. The molecule has 0 heterocycles. The van der Waals surface area contributed by atoms with E-state index in [2.05, 4.69) is 10.2 Å². The van der Waals surface area contributed by atoms with Crippen LogP contribution in [0, 0.1) is 0 Å². The fraction of sp³-hybridized carbons (Fsp3) is 0.667. The van der Waals surface area contributed by atoms with Crippen LogP contribution < -0.4 is 5.32 Å². The second kappa shape index (κ2) is 5.77. The molecule has 0 saturated heterocycles. The van der Waals surface area contributed by atoms with Gasteiger partial charge in [-0.3, -0.25) is 4.79 Å². The quantitative estimate of drug-likeness (QED) is 0.614. The molecule has 0 atom stereocenters. The van der Waals surface area contributed by atoms with E-state index < -0.39 is 0 Å². The van der Waals surface area contributed by atoms with E-state index in [1.807, 2.05) is 21.0 Å². The maximum Gasteiger partial charge on any atom is 0.154 e. The first-order valence-corrected chi connectivity index (χ1v) is 4.10. The van der Waals surface area contributed by atoms with E-state index in [1.54, 1.807) is 13.0 Å². The van der Waals surface area contributed by atoms with Crippen LogP contribution >= 0.6 is 0 Å². The fourth-order valence-corrected chi connectivity index (χ4v) is 0.833. The number of rotatable bonds is 5. The van der Waals surface area contributed by atoms with Crippen molar-refractivity contribution in [2.45, 2.75) is 13.8 Å². The molecule has 1 N–H and O–H groups in total. The van der Waals surface area contributed by atoms with E-state index in [0.717, 1.165) is 18.8 Å². The van der Waals surface area contributed by atoms with E-state index in [1.165, 1.54) is 0 Å². The summed E-state index contributed by atoms with van der Waals surface area (Å²) in [6, 6.07) is 0. The molecule has 12 heavy (non-hydrogen) atoms. The Morgan fingerprint density at radius 2 is 2.00 bits per heavy atom. The number of likely N-dealkylation sites (N-methyl/N-ethyl adjacent to an activating group) is 1. The van der Waals surface area contributed by atoms with Gasteiger partial charge in [0.2, 0.25) is 0 Å². The number of carbonyl (C=O) groups is 1. The summed E-state index contributed by atoms with van der Waals surface area (Å²) < 4.78 is 0. The van der Waals surface area contributed by atoms with Gasteiger partial charge < -0.3 is 10.2 Å². The van der Waals surface area contributed by atoms with Crippen LogP contribution in [0.25, 0.3) is 0 Å². The first-order valence-electron chi connectivity index (χ1n) is 4.10. The summed E-state index contributed by atoms with van der Waals surface area (Å²) in [6.07, 6.45) is 1.61. The number of nitrogens with zero attached hydrogens (tertiary/aromatic N) is 1. The van der Waals surface area contributed by atoms with Gasteiger partial charge in [-0.15, -0.1) is 0 Å². The molecule has 3 heteroatoms. The van der Waals surface area contributed by atoms with Crippen LogP contribution in [0.15, 0.2) is 11.8 Å². The van der Waals surface area contributed by atoms with Gasteiger partial charge >= 0.3 is 0 Å². The Balaban J connectivity index is 3.57. The highest BCUT2D eigenvalue weighted by molar-refractivity contribution is 5.87. The molecule has 0 unspecified atom stereocenters. The summed E-state index contributed by atoms with van der Waals surface area (Å²) >= 11 is 0. The van der Waals surface area contributed by atoms with Gasteiger partial charge in [0, 0.05) is 18.8 Å². The zero-order chi connectivity index (χ0) is 9.56. The van der Waals surface area contributed by atoms with Crippen LogP contribution in [0.3, 0.4) is 0 Å². The molecule has 0 radical (unpaired) electrons. The van der Waals surface area contributed by atoms with Gasteiger partial charge in [0.25, 0.3) is 0 Å². The van der Waals surface area contributed by atoms with Crippen molar-refractivity contribution in [1.82, 2.24) is 10.2 Å². The highest BCUT2D eigenvalue weighted by atomic mass is 16.1. The molecule has 0 saturated carbocycles. The minimum atomic E-state index is 0.0878. The average molecular weight is 170 g/mol. The van der Waals surface area contributed by atoms with Crippen LogP contribution in [0.5, 0.6) is 0 Å². The minimum absolute atomic E-state index is 0.0878. The SMILES string of the molecule is CC(=O)C=C(C)NCCN(C)C. The lowest BCUT2D eigenvalue weighted by Gasteiger charge is -2.10. The normalized spacial score (nSPS) is 11.9. The molecule has 0 fully saturated rings. The maximum atomic E-state index is 10.6. The number of ketones is 1. The Morgan fingerprint density at radius 1 is 1.42 bits per heavy atom. The molecule has 0 amide bonds. The molecule has 0 aliphatic carbocycles. The van der Waals surface area contributed by atoms with E-state index >= 15 is 0 Å². The Bertz CT molecular complexity index is 173. The maximum absolute atomic E-state index is 10.6. The van der Waals surface area contributed by atoms with Gasteiger partial charge in [0.1, 0.15) is 0 Å². The van der Waals surface area contributed by atoms with Crippen molar-refractivity contribution in [3.8, 4) is 0 Å². The number of carbonyl (C=O) groups excluding carboxylic acids is 1. The summed E-state index contributed by atoms with van der Waals surface area (Å²) in [5, 5.41) is 3.14. The van der Waals surface area contributed by atoms with Crippen molar-refractivity contribution < 1.29 is 4.79 Å². The van der Waals surface area contributed by atoms with E-state index in [0.29, 0.717) is 0 Å². The zero-order valence-corrected chi connectivity index (χ0v) is 8.35. The zero-order valence-electron chi connectivity index (χ0n) is 8.35. The summed E-state index contributed by atoms with van der Waals surface area (Å²) in [5.41, 5.74) is 0.935. The third-order valence-electron chi connectivity index (χ3n) is 1.38. The second-order valence-corrected chi connectivity index (χ2v) is 3.17. The Labute approximate surface area is 74.4 Å². The van der Waals surface area contributed by atoms with Crippen LogP contribution in [-0.4, -0.2) is 37.9 Å². The van der Waals surface area contributed by atoms with Crippen molar-refractivity contribution in [2.75, 3.05) is 27.2 Å². The fourth-order valence-electron chi connectivity index (χ4n) is 0.833. The predicted molar refractivity (Wildman–Crippen MR) is 51.0 cm³/mol. The third-order valence-corrected chi connectivity index (χ3v) is 1.38. The van der Waals surface area contributed by atoms with Crippen LogP contribution in [0.4, 0.5) is 0 Å². The Hall–Kier alpha value is -0.830. The van der Waals surface area contributed by atoms with Crippen molar-refractivity contribution in [2.24, 2.45) is 0 Å². The van der Waals surface area contributed by atoms with Gasteiger partial charge in [-0.1, -0.05) is 0 Å². The molecule has 0 bridgehead atoms. The second-order valence-electron chi connectivity index (χ2n) is 3.17. The lowest BCUT2D eigenvalue weighted by Crippen LogP contribution is -2.25. The summed E-state index contributed by atoms with van der Waals surface area (Å²) in [7, 11) is 4.04. The van der Waals surface area contributed by atoms with Gasteiger partial charge in [-0.25, -0.2) is 0 Å². The molecule has 0 aliphatic rings. The van der Waals surface area contributed by atoms with Crippen molar-refractivity contribution in [3.63, 3.8) is 0 Å². The average Bonchev–Trinajstić information content (AvgIpc) is 1.84. The van der Waals surface area contributed by atoms with E-state index in [9.17, 15) is 4.79 Å². The highest BCUT2D eigenvalue weighted by Crippen LogP contribution is 1.86. The summed E-state index contributed by atoms with van der Waals surface area (Å²) in [4.78, 5) is 12.7. The monoisotopic (exact) mass is 170 g/mol. The van der Waals surface area contributed by atoms with Gasteiger partial charge in [0.15, 0.2) is 5.78 Å². The van der Waals surface area contributed by atoms with E-state index in [4.69, 9.17) is 0 Å². The first kappa shape index (κ1) is 11.2. The molecule has 0 aromatic heterocycles. The lowest BCUT2D eigenvalue weighted by molar-refractivity contribution is -0.112. The molecular weight excluding hydrogens is 152 g/mol. The molecule has 70 valence electrons. The van der Waals surface area contributed by atoms with Gasteiger partial charge in [-0.2, -0.15) is 0 Å². The Kier molecular flexibility index (Phi) is 5.37. The molecular formula is C9H18N2O. The number of nitrogens with one attached hydrogen (secondary N) is 1. The van der Waals surface area contributed by atoms with Crippen LogP contribution in [0.1, 0.15) is 13.8 Å². The van der Waals surface area contributed by atoms with E-state index in [-0.39, 0.29) is 5.78 Å². The van der Waals surface area contributed by atoms with Crippen molar-refractivity contribution >= 4 is 5.78 Å². The van der Waals surface area contributed by atoms with Crippen LogP contribution in [0.2, 0.25) is 0 Å². The standard InChI is InChI=1S/C9H18N2O/c1-8(7-9(2)12)10-5-6-11(3)4/h7,10H,5-6H2,1-4H3. The molecule has 0 rings (SSSR count). The number of allylic oxidation sites excluding steroid dienone is 2. The molecule has 0 spiro atoms. The minimum Gasteiger partial charge on any atom is -0.387 e. The van der Waals surface area contributed by atoms with Crippen molar-refractivity contribution in [1.29, 1.82) is 0 Å². The summed E-state index contributed by atoms with van der Waals surface area (Å²) in [5.74, 6) is 0.0878. The van der Waals surface area contributed by atoms with Crippen LogP contribution in [-0.2, 0) is 4.79 Å². The van der Waals surface area contributed by atoms with Crippen molar-refractivity contribution in [3.05, 3.63) is 11.8 Å². The molecule has 0 aliphatic heterocycles. The summed E-state index contributed by atoms with van der Waals surface area (Å²) in [6.45, 7) is 5.31. The topological polar surface area (TPSA) is 32.3 Å². The van der Waals surface area contributed by atoms with Gasteiger partial charge in [-0.05, 0) is 34.0 Å². The smallest absolute Gasteiger partial charge is 0.154 e. The Morgan fingerprint density at radius 3 is 2.42 bits per heavy atom. The predicted octanol–water partition coefficient (Wildman–Crippen LogP) is 0.630. The molecule has 3 nitrogen and oxygen atoms in total.